The van der Waals surface area contributed by atoms with Crippen molar-refractivity contribution in [1.29, 1.82) is 0 Å². The number of aromatic nitrogens is 1. The molecule has 0 saturated carbocycles. The summed E-state index contributed by atoms with van der Waals surface area (Å²) in [4.78, 5) is 16.0. The molecule has 0 unspecified atom stereocenters. The zero-order valence-corrected chi connectivity index (χ0v) is 12.4. The van der Waals surface area contributed by atoms with Crippen LogP contribution in [0.15, 0.2) is 24.3 Å². The van der Waals surface area contributed by atoms with Crippen LogP contribution >= 0.6 is 11.6 Å². The van der Waals surface area contributed by atoms with E-state index >= 15 is 0 Å². The first-order chi connectivity index (χ1) is 9.99. The fourth-order valence-electron chi connectivity index (χ4n) is 1.93. The number of halogens is 1. The van der Waals surface area contributed by atoms with Gasteiger partial charge in [-0.15, -0.1) is 6.42 Å². The number of benzene rings is 1. The lowest BCUT2D eigenvalue weighted by molar-refractivity contribution is 0.0595. The van der Waals surface area contributed by atoms with Crippen LogP contribution in [0.3, 0.4) is 0 Å². The van der Waals surface area contributed by atoms with Gasteiger partial charge in [0.05, 0.1) is 7.11 Å². The number of carbonyl (C=O) groups excluding carboxylic acids is 1. The molecule has 0 amide bonds. The third kappa shape index (κ3) is 2.69. The number of rotatable bonds is 2. The van der Waals surface area contributed by atoms with Gasteiger partial charge in [-0.25, -0.2) is 9.78 Å². The summed E-state index contributed by atoms with van der Waals surface area (Å²) in [5.41, 5.74) is 9.14. The fraction of sp³-hybridized carbons (Fsp3) is 0.125. The number of methoxy groups -OCH3 is 1. The summed E-state index contributed by atoms with van der Waals surface area (Å²) in [6, 6.07) is 7.09. The average molecular weight is 301 g/mol. The number of ether oxygens (including phenoxy) is 1. The van der Waals surface area contributed by atoms with E-state index in [2.05, 4.69) is 10.9 Å². The molecule has 21 heavy (non-hydrogen) atoms. The predicted octanol–water partition coefficient (Wildman–Crippen LogP) is 3.06. The number of nitrogens with zero attached hydrogens (tertiary/aromatic N) is 1. The van der Waals surface area contributed by atoms with Crippen LogP contribution in [0.2, 0.25) is 5.15 Å². The van der Waals surface area contributed by atoms with Crippen molar-refractivity contribution < 1.29 is 9.53 Å². The molecule has 1 aromatic heterocycles. The van der Waals surface area contributed by atoms with Gasteiger partial charge in [-0.2, -0.15) is 0 Å². The summed E-state index contributed by atoms with van der Waals surface area (Å²) in [6.07, 6.45) is 5.33. The Balaban J connectivity index is 2.73. The minimum atomic E-state index is -0.598. The van der Waals surface area contributed by atoms with Gasteiger partial charge in [-0.3, -0.25) is 0 Å². The molecule has 2 aromatic rings. The minimum absolute atomic E-state index is 0.0825. The molecule has 2 rings (SSSR count). The molecule has 1 heterocycles. The highest BCUT2D eigenvalue weighted by atomic mass is 35.5. The van der Waals surface area contributed by atoms with E-state index in [1.165, 1.54) is 7.11 Å². The van der Waals surface area contributed by atoms with Crippen molar-refractivity contribution in [3.8, 4) is 23.5 Å². The van der Waals surface area contributed by atoms with Crippen molar-refractivity contribution in [1.82, 2.24) is 4.98 Å². The fourth-order valence-corrected chi connectivity index (χ4v) is 2.12. The smallest absolute Gasteiger partial charge is 0.357 e. The van der Waals surface area contributed by atoms with E-state index in [4.69, 9.17) is 28.5 Å². The summed E-state index contributed by atoms with van der Waals surface area (Å²) in [6.45, 7) is 1.74. The van der Waals surface area contributed by atoms with Gasteiger partial charge in [0.1, 0.15) is 5.15 Å². The molecule has 2 N–H and O–H groups in total. The Hall–Kier alpha value is -2.51. The van der Waals surface area contributed by atoms with Crippen LogP contribution in [-0.4, -0.2) is 18.1 Å². The number of esters is 1. The van der Waals surface area contributed by atoms with Crippen molar-refractivity contribution in [3.63, 3.8) is 0 Å². The lowest BCUT2D eigenvalue weighted by atomic mass is 9.98. The highest BCUT2D eigenvalue weighted by molar-refractivity contribution is 6.31. The number of nitrogens with two attached hydrogens (primary N) is 1. The number of terminal acetylenes is 1. The van der Waals surface area contributed by atoms with Gasteiger partial charge in [-0.05, 0) is 24.6 Å². The highest BCUT2D eigenvalue weighted by Crippen LogP contribution is 2.34. The highest BCUT2D eigenvalue weighted by Gasteiger charge is 2.21. The second kappa shape index (κ2) is 5.86. The summed E-state index contributed by atoms with van der Waals surface area (Å²) < 4.78 is 4.75. The normalized spacial score (nSPS) is 10.0. The van der Waals surface area contributed by atoms with Gasteiger partial charge < -0.3 is 10.5 Å². The maximum atomic E-state index is 11.9. The largest absolute Gasteiger partial charge is 0.464 e. The first kappa shape index (κ1) is 14.9. The number of anilines is 1. The molecular weight excluding hydrogens is 288 g/mol. The van der Waals surface area contributed by atoms with E-state index in [0.29, 0.717) is 16.8 Å². The number of nitrogen functional groups attached to an aromatic ring is 1. The lowest BCUT2D eigenvalue weighted by Crippen LogP contribution is -2.10. The number of pyridine rings is 1. The van der Waals surface area contributed by atoms with Gasteiger partial charge in [0, 0.05) is 22.4 Å². The van der Waals surface area contributed by atoms with Crippen LogP contribution < -0.4 is 5.73 Å². The standard InChI is InChI=1S/C16H13ClN2O2/c1-4-10-5-7-11(8-6-10)12-13(18)9(2)15(17)19-14(12)16(20)21-3/h1,5-8H,2-3H3,(H2,18,19). The van der Waals surface area contributed by atoms with E-state index in [1.807, 2.05) is 0 Å². The van der Waals surface area contributed by atoms with Gasteiger partial charge in [0.15, 0.2) is 5.69 Å². The Bertz CT molecular complexity index is 746. The Morgan fingerprint density at radius 2 is 2.00 bits per heavy atom. The molecule has 0 radical (unpaired) electrons. The lowest BCUT2D eigenvalue weighted by Gasteiger charge is -2.14. The maximum Gasteiger partial charge on any atom is 0.357 e. The van der Waals surface area contributed by atoms with Crippen LogP contribution in [0.5, 0.6) is 0 Å². The van der Waals surface area contributed by atoms with Crippen molar-refractivity contribution >= 4 is 23.3 Å². The van der Waals surface area contributed by atoms with Gasteiger partial charge >= 0.3 is 5.97 Å². The summed E-state index contributed by atoms with van der Waals surface area (Å²) in [5, 5.41) is 0.178. The number of carbonyl (C=O) groups is 1. The zero-order valence-electron chi connectivity index (χ0n) is 11.6. The van der Waals surface area contributed by atoms with Crippen LogP contribution in [0.25, 0.3) is 11.1 Å². The molecule has 0 aliphatic heterocycles. The Morgan fingerprint density at radius 3 is 2.52 bits per heavy atom. The van der Waals surface area contributed by atoms with Crippen molar-refractivity contribution in [2.24, 2.45) is 0 Å². The van der Waals surface area contributed by atoms with Gasteiger partial charge in [-0.1, -0.05) is 29.7 Å². The molecule has 0 aliphatic carbocycles. The topological polar surface area (TPSA) is 65.2 Å². The summed E-state index contributed by atoms with van der Waals surface area (Å²) in [5.74, 6) is 1.93. The molecule has 4 nitrogen and oxygen atoms in total. The first-order valence-electron chi connectivity index (χ1n) is 6.10. The molecule has 0 bridgehead atoms. The number of hydrogen-bond donors (Lipinski definition) is 1. The first-order valence-corrected chi connectivity index (χ1v) is 6.48. The van der Waals surface area contributed by atoms with E-state index in [9.17, 15) is 4.79 Å². The third-order valence-electron chi connectivity index (χ3n) is 3.15. The molecule has 0 fully saturated rings. The SMILES string of the molecule is C#Cc1ccc(-c2c(C(=O)OC)nc(Cl)c(C)c2N)cc1. The average Bonchev–Trinajstić information content (AvgIpc) is 2.51. The van der Waals surface area contributed by atoms with Crippen LogP contribution in [0.1, 0.15) is 21.6 Å². The van der Waals surface area contributed by atoms with Gasteiger partial charge in [0.2, 0.25) is 0 Å². The zero-order chi connectivity index (χ0) is 15.6. The van der Waals surface area contributed by atoms with Gasteiger partial charge in [0.25, 0.3) is 0 Å². The second-order valence-corrected chi connectivity index (χ2v) is 4.74. The number of hydrogen-bond acceptors (Lipinski definition) is 4. The predicted molar refractivity (Wildman–Crippen MR) is 83.1 cm³/mol. The maximum absolute atomic E-state index is 11.9. The second-order valence-electron chi connectivity index (χ2n) is 4.38. The molecule has 0 atom stereocenters. The quantitative estimate of drug-likeness (QED) is 0.526. The molecule has 106 valence electrons. The molecule has 0 spiro atoms. The van der Waals surface area contributed by atoms with Crippen LogP contribution in [0, 0.1) is 19.3 Å². The molecule has 0 saturated heterocycles. The summed E-state index contributed by atoms with van der Waals surface area (Å²) >= 11 is 6.00. The monoisotopic (exact) mass is 300 g/mol. The van der Waals surface area contributed by atoms with Crippen molar-refractivity contribution in [2.75, 3.05) is 12.8 Å². The Kier molecular flexibility index (Phi) is 4.15. The van der Waals surface area contributed by atoms with Crippen molar-refractivity contribution in [3.05, 3.63) is 46.2 Å². The summed E-state index contributed by atoms with van der Waals surface area (Å²) in [7, 11) is 1.28. The van der Waals surface area contributed by atoms with E-state index in [-0.39, 0.29) is 10.8 Å². The molecule has 5 heteroatoms. The van der Waals surface area contributed by atoms with Crippen LogP contribution in [-0.2, 0) is 4.74 Å². The molecule has 0 aliphatic rings. The Morgan fingerprint density at radius 1 is 1.38 bits per heavy atom. The molecule has 1 aromatic carbocycles. The Labute approximate surface area is 127 Å². The van der Waals surface area contributed by atoms with E-state index in [1.54, 1.807) is 31.2 Å². The van der Waals surface area contributed by atoms with E-state index < -0.39 is 5.97 Å². The van der Waals surface area contributed by atoms with Crippen molar-refractivity contribution in [2.45, 2.75) is 6.92 Å². The van der Waals surface area contributed by atoms with E-state index in [0.717, 1.165) is 11.1 Å². The molecular formula is C16H13ClN2O2. The third-order valence-corrected chi connectivity index (χ3v) is 3.52. The minimum Gasteiger partial charge on any atom is -0.464 e. The van der Waals surface area contributed by atoms with Crippen LogP contribution in [0.4, 0.5) is 5.69 Å².